The Morgan fingerprint density at radius 2 is 2.15 bits per heavy atom. The predicted molar refractivity (Wildman–Crippen MR) is 83.2 cm³/mol. The van der Waals surface area contributed by atoms with Crippen molar-refractivity contribution in [2.75, 3.05) is 11.4 Å². The van der Waals surface area contributed by atoms with Crippen LogP contribution in [0.3, 0.4) is 0 Å². The van der Waals surface area contributed by atoms with E-state index in [-0.39, 0.29) is 10.8 Å². The van der Waals surface area contributed by atoms with Crippen molar-refractivity contribution in [3.8, 4) is 0 Å². The highest BCUT2D eigenvalue weighted by molar-refractivity contribution is 7.80. The van der Waals surface area contributed by atoms with E-state index in [1.165, 1.54) is 12.1 Å². The highest BCUT2D eigenvalue weighted by Crippen LogP contribution is 2.18. The van der Waals surface area contributed by atoms with E-state index in [1.807, 2.05) is 25.1 Å². The van der Waals surface area contributed by atoms with Crippen molar-refractivity contribution < 1.29 is 4.39 Å². The maximum absolute atomic E-state index is 13.3. The third-order valence-corrected chi connectivity index (χ3v) is 3.21. The summed E-state index contributed by atoms with van der Waals surface area (Å²) in [6, 6.07) is 10.3. The SMILES string of the molecule is CCN(Cc1ccnc(C(N)=S)c1)c1cccc(F)c1. The van der Waals surface area contributed by atoms with Crippen LogP contribution < -0.4 is 10.6 Å². The lowest BCUT2D eigenvalue weighted by molar-refractivity contribution is 0.626. The zero-order valence-corrected chi connectivity index (χ0v) is 12.0. The fraction of sp³-hybridized carbons (Fsp3) is 0.200. The zero-order valence-electron chi connectivity index (χ0n) is 11.2. The number of halogens is 1. The van der Waals surface area contributed by atoms with Gasteiger partial charge < -0.3 is 10.6 Å². The van der Waals surface area contributed by atoms with E-state index in [0.29, 0.717) is 12.2 Å². The van der Waals surface area contributed by atoms with Gasteiger partial charge in [-0.2, -0.15) is 0 Å². The summed E-state index contributed by atoms with van der Waals surface area (Å²) in [6.07, 6.45) is 1.68. The number of anilines is 1. The molecule has 0 spiro atoms. The molecule has 1 aromatic heterocycles. The lowest BCUT2D eigenvalue weighted by Crippen LogP contribution is -2.22. The molecule has 20 heavy (non-hydrogen) atoms. The number of pyridine rings is 1. The molecule has 0 fully saturated rings. The molecular weight excluding hydrogens is 273 g/mol. The number of benzene rings is 1. The first-order valence-electron chi connectivity index (χ1n) is 6.35. The molecular formula is C15H16FN3S. The molecule has 2 rings (SSSR count). The fourth-order valence-electron chi connectivity index (χ4n) is 1.99. The Balaban J connectivity index is 2.22. The Morgan fingerprint density at radius 3 is 2.80 bits per heavy atom. The molecule has 0 saturated heterocycles. The minimum Gasteiger partial charge on any atom is -0.388 e. The first-order valence-corrected chi connectivity index (χ1v) is 6.76. The normalized spacial score (nSPS) is 10.3. The summed E-state index contributed by atoms with van der Waals surface area (Å²) in [4.78, 5) is 6.46. The summed E-state index contributed by atoms with van der Waals surface area (Å²) in [7, 11) is 0. The van der Waals surface area contributed by atoms with E-state index in [2.05, 4.69) is 9.88 Å². The molecule has 3 nitrogen and oxygen atoms in total. The smallest absolute Gasteiger partial charge is 0.125 e. The molecule has 0 radical (unpaired) electrons. The molecule has 2 aromatic rings. The first-order chi connectivity index (χ1) is 9.60. The van der Waals surface area contributed by atoms with Crippen LogP contribution in [-0.4, -0.2) is 16.5 Å². The van der Waals surface area contributed by atoms with Crippen molar-refractivity contribution in [2.45, 2.75) is 13.5 Å². The van der Waals surface area contributed by atoms with Gasteiger partial charge in [-0.05, 0) is 42.8 Å². The average molecular weight is 289 g/mol. The monoisotopic (exact) mass is 289 g/mol. The molecule has 0 atom stereocenters. The quantitative estimate of drug-likeness (QED) is 0.859. The van der Waals surface area contributed by atoms with Gasteiger partial charge in [0.2, 0.25) is 0 Å². The van der Waals surface area contributed by atoms with Gasteiger partial charge in [-0.1, -0.05) is 18.3 Å². The second kappa shape index (κ2) is 6.43. The van der Waals surface area contributed by atoms with Gasteiger partial charge in [0, 0.05) is 25.0 Å². The van der Waals surface area contributed by atoms with E-state index >= 15 is 0 Å². The fourth-order valence-corrected chi connectivity index (χ4v) is 2.10. The summed E-state index contributed by atoms with van der Waals surface area (Å²) in [6.45, 7) is 3.45. The predicted octanol–water partition coefficient (Wildman–Crippen LogP) is 2.88. The molecule has 0 aliphatic carbocycles. The van der Waals surface area contributed by atoms with Crippen LogP contribution in [0.15, 0.2) is 42.6 Å². The Kier molecular flexibility index (Phi) is 4.63. The Hall–Kier alpha value is -2.01. The maximum atomic E-state index is 13.3. The Morgan fingerprint density at radius 1 is 1.35 bits per heavy atom. The highest BCUT2D eigenvalue weighted by Gasteiger charge is 2.07. The van der Waals surface area contributed by atoms with Crippen molar-refractivity contribution >= 4 is 22.9 Å². The third-order valence-electron chi connectivity index (χ3n) is 3.01. The molecule has 5 heteroatoms. The molecule has 0 aliphatic heterocycles. The number of hydrogen-bond acceptors (Lipinski definition) is 3. The van der Waals surface area contributed by atoms with Gasteiger partial charge in [0.05, 0.1) is 5.69 Å². The number of nitrogens with two attached hydrogens (primary N) is 1. The molecule has 104 valence electrons. The van der Waals surface area contributed by atoms with Crippen molar-refractivity contribution in [1.29, 1.82) is 0 Å². The van der Waals surface area contributed by atoms with Crippen LogP contribution in [0.2, 0.25) is 0 Å². The second-order valence-electron chi connectivity index (χ2n) is 4.41. The number of nitrogens with zero attached hydrogens (tertiary/aromatic N) is 2. The van der Waals surface area contributed by atoms with E-state index < -0.39 is 0 Å². The topological polar surface area (TPSA) is 42.2 Å². The molecule has 0 amide bonds. The zero-order chi connectivity index (χ0) is 14.5. The Bertz CT molecular complexity index is 616. The summed E-state index contributed by atoms with van der Waals surface area (Å²) >= 11 is 4.93. The standard InChI is InChI=1S/C15H16FN3S/c1-2-19(13-5-3-4-12(16)9-13)10-11-6-7-18-14(8-11)15(17)20/h3-9H,2,10H2,1H3,(H2,17,20). The minimum atomic E-state index is -0.237. The number of aromatic nitrogens is 1. The van der Waals surface area contributed by atoms with Crippen LogP contribution in [-0.2, 0) is 6.54 Å². The summed E-state index contributed by atoms with van der Waals surface area (Å²) in [5.41, 5.74) is 8.07. The van der Waals surface area contributed by atoms with Gasteiger partial charge in [0.1, 0.15) is 10.8 Å². The van der Waals surface area contributed by atoms with Crippen molar-refractivity contribution in [3.63, 3.8) is 0 Å². The van der Waals surface area contributed by atoms with Crippen molar-refractivity contribution in [3.05, 3.63) is 59.7 Å². The first kappa shape index (κ1) is 14.4. The molecule has 0 unspecified atom stereocenters. The molecule has 2 N–H and O–H groups in total. The van der Waals surface area contributed by atoms with Gasteiger partial charge >= 0.3 is 0 Å². The highest BCUT2D eigenvalue weighted by atomic mass is 32.1. The van der Waals surface area contributed by atoms with Crippen LogP contribution in [0.25, 0.3) is 0 Å². The van der Waals surface area contributed by atoms with Gasteiger partial charge in [-0.25, -0.2) is 4.39 Å². The van der Waals surface area contributed by atoms with Gasteiger partial charge in [0.15, 0.2) is 0 Å². The van der Waals surface area contributed by atoms with Gasteiger partial charge in [-0.3, -0.25) is 4.98 Å². The summed E-state index contributed by atoms with van der Waals surface area (Å²) < 4.78 is 13.3. The molecule has 0 aliphatic rings. The van der Waals surface area contributed by atoms with E-state index in [4.69, 9.17) is 18.0 Å². The van der Waals surface area contributed by atoms with Crippen LogP contribution >= 0.6 is 12.2 Å². The summed E-state index contributed by atoms with van der Waals surface area (Å²) in [5.74, 6) is -0.237. The molecule has 1 heterocycles. The third kappa shape index (κ3) is 3.51. The molecule has 0 bridgehead atoms. The van der Waals surface area contributed by atoms with Crippen LogP contribution in [0.1, 0.15) is 18.2 Å². The lowest BCUT2D eigenvalue weighted by Gasteiger charge is -2.23. The largest absolute Gasteiger partial charge is 0.388 e. The van der Waals surface area contributed by atoms with Crippen molar-refractivity contribution in [2.24, 2.45) is 5.73 Å². The number of thiocarbonyl (C=S) groups is 1. The van der Waals surface area contributed by atoms with Crippen molar-refractivity contribution in [1.82, 2.24) is 4.98 Å². The van der Waals surface area contributed by atoms with Crippen LogP contribution in [0.5, 0.6) is 0 Å². The van der Waals surface area contributed by atoms with E-state index in [0.717, 1.165) is 17.8 Å². The average Bonchev–Trinajstić information content (AvgIpc) is 2.45. The molecule has 1 aromatic carbocycles. The van der Waals surface area contributed by atoms with Gasteiger partial charge in [-0.15, -0.1) is 0 Å². The lowest BCUT2D eigenvalue weighted by atomic mass is 10.2. The summed E-state index contributed by atoms with van der Waals surface area (Å²) in [5, 5.41) is 0. The van der Waals surface area contributed by atoms with E-state index in [9.17, 15) is 4.39 Å². The van der Waals surface area contributed by atoms with Crippen LogP contribution in [0.4, 0.5) is 10.1 Å². The number of hydrogen-bond donors (Lipinski definition) is 1. The minimum absolute atomic E-state index is 0.237. The maximum Gasteiger partial charge on any atom is 0.125 e. The van der Waals surface area contributed by atoms with Crippen LogP contribution in [0, 0.1) is 5.82 Å². The van der Waals surface area contributed by atoms with E-state index in [1.54, 1.807) is 12.3 Å². The number of rotatable bonds is 5. The van der Waals surface area contributed by atoms with Gasteiger partial charge in [0.25, 0.3) is 0 Å². The Labute approximate surface area is 123 Å². The second-order valence-corrected chi connectivity index (χ2v) is 4.85. The molecule has 0 saturated carbocycles.